The summed E-state index contributed by atoms with van der Waals surface area (Å²) in [5.74, 6) is -0.0753. The Morgan fingerprint density at radius 3 is 2.27 bits per heavy atom. The van der Waals surface area contributed by atoms with Crippen molar-refractivity contribution in [2.75, 3.05) is 5.73 Å². The first-order valence-electron chi connectivity index (χ1n) is 9.62. The van der Waals surface area contributed by atoms with E-state index in [1.165, 1.54) is 22.2 Å². The van der Waals surface area contributed by atoms with Gasteiger partial charge < -0.3 is 5.73 Å². The molecule has 0 atom stereocenters. The Labute approximate surface area is 177 Å². The van der Waals surface area contributed by atoms with Gasteiger partial charge in [0.15, 0.2) is 0 Å². The standard InChI is InChI=1S/C25H18FN3S/c26-19-12-10-17(11-13-19)23-20(14-16-6-2-1-3-7-16)24(29-25(27)28-23)22-15-18-8-4-5-9-21(18)30-22/h1-13,15H,14H2,(H2,27,28,29). The number of halogens is 1. The molecular formula is C25H18FN3S. The van der Waals surface area contributed by atoms with Gasteiger partial charge in [0.05, 0.1) is 16.3 Å². The highest BCUT2D eigenvalue weighted by Gasteiger charge is 2.19. The molecule has 0 amide bonds. The molecule has 146 valence electrons. The van der Waals surface area contributed by atoms with Crippen molar-refractivity contribution in [2.24, 2.45) is 0 Å². The number of hydrogen-bond acceptors (Lipinski definition) is 4. The van der Waals surface area contributed by atoms with Gasteiger partial charge in [-0.25, -0.2) is 14.4 Å². The van der Waals surface area contributed by atoms with Crippen molar-refractivity contribution in [2.45, 2.75) is 6.42 Å². The van der Waals surface area contributed by atoms with Crippen LogP contribution in [-0.2, 0) is 6.42 Å². The van der Waals surface area contributed by atoms with Crippen molar-refractivity contribution < 1.29 is 4.39 Å². The van der Waals surface area contributed by atoms with Gasteiger partial charge in [-0.05, 0) is 47.3 Å². The zero-order valence-electron chi connectivity index (χ0n) is 16.0. The summed E-state index contributed by atoms with van der Waals surface area (Å²) in [4.78, 5) is 10.2. The van der Waals surface area contributed by atoms with Gasteiger partial charge in [0.2, 0.25) is 5.95 Å². The molecule has 0 aliphatic carbocycles. The van der Waals surface area contributed by atoms with E-state index in [2.05, 4.69) is 40.3 Å². The van der Waals surface area contributed by atoms with E-state index in [0.29, 0.717) is 6.42 Å². The smallest absolute Gasteiger partial charge is 0.221 e. The highest BCUT2D eigenvalue weighted by molar-refractivity contribution is 7.22. The molecule has 0 bridgehead atoms. The van der Waals surface area contributed by atoms with Gasteiger partial charge in [0.25, 0.3) is 0 Å². The minimum absolute atomic E-state index is 0.207. The Hall–Kier alpha value is -3.57. The van der Waals surface area contributed by atoms with Crippen LogP contribution in [0.5, 0.6) is 0 Å². The van der Waals surface area contributed by atoms with Crippen molar-refractivity contribution in [3.63, 3.8) is 0 Å². The number of anilines is 1. The van der Waals surface area contributed by atoms with E-state index < -0.39 is 0 Å². The second-order valence-electron chi connectivity index (χ2n) is 7.08. The van der Waals surface area contributed by atoms with Gasteiger partial charge >= 0.3 is 0 Å². The van der Waals surface area contributed by atoms with Crippen LogP contribution in [0.2, 0.25) is 0 Å². The van der Waals surface area contributed by atoms with E-state index in [9.17, 15) is 4.39 Å². The van der Waals surface area contributed by atoms with Crippen molar-refractivity contribution in [1.29, 1.82) is 0 Å². The maximum Gasteiger partial charge on any atom is 0.221 e. The van der Waals surface area contributed by atoms with Gasteiger partial charge in [0.1, 0.15) is 5.82 Å². The molecule has 30 heavy (non-hydrogen) atoms. The summed E-state index contributed by atoms with van der Waals surface area (Å²) in [5.41, 5.74) is 10.6. The van der Waals surface area contributed by atoms with Crippen LogP contribution >= 0.6 is 11.3 Å². The second kappa shape index (κ2) is 7.69. The van der Waals surface area contributed by atoms with Crippen molar-refractivity contribution in [1.82, 2.24) is 9.97 Å². The molecule has 5 heteroatoms. The maximum atomic E-state index is 13.5. The summed E-state index contributed by atoms with van der Waals surface area (Å²) in [7, 11) is 0. The number of fused-ring (bicyclic) bond motifs is 1. The summed E-state index contributed by atoms with van der Waals surface area (Å²) in [5, 5.41) is 1.17. The van der Waals surface area contributed by atoms with E-state index in [1.54, 1.807) is 23.5 Å². The minimum Gasteiger partial charge on any atom is -0.368 e. The monoisotopic (exact) mass is 411 g/mol. The fourth-order valence-electron chi connectivity index (χ4n) is 3.62. The summed E-state index contributed by atoms with van der Waals surface area (Å²) in [6.07, 6.45) is 0.650. The number of thiophene rings is 1. The second-order valence-corrected chi connectivity index (χ2v) is 8.16. The van der Waals surface area contributed by atoms with Gasteiger partial charge in [-0.15, -0.1) is 11.3 Å². The largest absolute Gasteiger partial charge is 0.368 e. The summed E-state index contributed by atoms with van der Waals surface area (Å²) in [6.45, 7) is 0. The predicted octanol–water partition coefficient (Wildman–Crippen LogP) is 6.34. The van der Waals surface area contributed by atoms with Gasteiger partial charge in [-0.2, -0.15) is 0 Å². The highest BCUT2D eigenvalue weighted by atomic mass is 32.1. The lowest BCUT2D eigenvalue weighted by atomic mass is 9.97. The van der Waals surface area contributed by atoms with E-state index in [0.717, 1.165) is 33.0 Å². The van der Waals surface area contributed by atoms with Crippen LogP contribution in [0.4, 0.5) is 10.3 Å². The minimum atomic E-state index is -0.282. The molecule has 3 nitrogen and oxygen atoms in total. The first-order valence-corrected chi connectivity index (χ1v) is 10.4. The molecule has 5 rings (SSSR count). The van der Waals surface area contributed by atoms with Crippen LogP contribution in [0.25, 0.3) is 31.9 Å². The molecule has 0 saturated carbocycles. The molecule has 0 aliphatic rings. The first-order chi connectivity index (χ1) is 14.7. The Kier molecular flexibility index (Phi) is 4.73. The molecule has 0 saturated heterocycles. The molecule has 0 radical (unpaired) electrons. The van der Waals surface area contributed by atoms with Crippen molar-refractivity contribution >= 4 is 27.4 Å². The summed E-state index contributed by atoms with van der Waals surface area (Å²) >= 11 is 1.68. The Bertz CT molecular complexity index is 1300. The zero-order valence-corrected chi connectivity index (χ0v) is 16.9. The number of nitrogen functional groups attached to an aromatic ring is 1. The van der Waals surface area contributed by atoms with E-state index in [4.69, 9.17) is 5.73 Å². The summed E-state index contributed by atoms with van der Waals surface area (Å²) in [6, 6.07) is 27.0. The van der Waals surface area contributed by atoms with Crippen LogP contribution in [0.3, 0.4) is 0 Å². The van der Waals surface area contributed by atoms with Crippen LogP contribution in [-0.4, -0.2) is 9.97 Å². The van der Waals surface area contributed by atoms with Crippen LogP contribution < -0.4 is 5.73 Å². The van der Waals surface area contributed by atoms with E-state index in [-0.39, 0.29) is 11.8 Å². The Balaban J connectivity index is 1.75. The molecule has 2 aromatic heterocycles. The molecule has 0 fully saturated rings. The molecule has 0 aliphatic heterocycles. The number of benzene rings is 3. The molecule has 2 heterocycles. The Morgan fingerprint density at radius 1 is 0.800 bits per heavy atom. The van der Waals surface area contributed by atoms with Crippen molar-refractivity contribution in [3.05, 3.63) is 102 Å². The Morgan fingerprint density at radius 2 is 1.50 bits per heavy atom. The normalized spacial score (nSPS) is 11.1. The predicted molar refractivity (Wildman–Crippen MR) is 122 cm³/mol. The average molecular weight is 412 g/mol. The maximum absolute atomic E-state index is 13.5. The fraction of sp³-hybridized carbons (Fsp3) is 0.0400. The molecule has 2 N–H and O–H groups in total. The lowest BCUT2D eigenvalue weighted by molar-refractivity contribution is 0.628. The molecule has 3 aromatic carbocycles. The summed E-state index contributed by atoms with van der Waals surface area (Å²) < 4.78 is 14.7. The van der Waals surface area contributed by atoms with Crippen LogP contribution in [0, 0.1) is 5.82 Å². The fourth-order valence-corrected chi connectivity index (χ4v) is 4.70. The van der Waals surface area contributed by atoms with Crippen LogP contribution in [0.15, 0.2) is 84.9 Å². The SMILES string of the molecule is Nc1nc(-c2ccc(F)cc2)c(Cc2ccccc2)c(-c2cc3ccccc3s2)n1. The van der Waals surface area contributed by atoms with E-state index in [1.807, 2.05) is 30.3 Å². The topological polar surface area (TPSA) is 51.8 Å². The lowest BCUT2D eigenvalue weighted by Gasteiger charge is -2.14. The molecule has 5 aromatic rings. The molecule has 0 spiro atoms. The first kappa shape index (κ1) is 18.5. The number of aromatic nitrogens is 2. The highest BCUT2D eigenvalue weighted by Crippen LogP contribution is 2.38. The molecular weight excluding hydrogens is 393 g/mol. The van der Waals surface area contributed by atoms with Gasteiger partial charge in [0, 0.05) is 22.2 Å². The third-order valence-electron chi connectivity index (χ3n) is 5.02. The number of rotatable bonds is 4. The van der Waals surface area contributed by atoms with Crippen LogP contribution in [0.1, 0.15) is 11.1 Å². The third-order valence-corrected chi connectivity index (χ3v) is 6.15. The quantitative estimate of drug-likeness (QED) is 0.375. The van der Waals surface area contributed by atoms with Gasteiger partial charge in [-0.1, -0.05) is 48.5 Å². The zero-order chi connectivity index (χ0) is 20.5. The van der Waals surface area contributed by atoms with Crippen molar-refractivity contribution in [3.8, 4) is 21.8 Å². The number of nitrogens with two attached hydrogens (primary N) is 1. The van der Waals surface area contributed by atoms with Gasteiger partial charge in [-0.3, -0.25) is 0 Å². The third kappa shape index (κ3) is 3.55. The average Bonchev–Trinajstić information content (AvgIpc) is 3.20. The molecule has 0 unspecified atom stereocenters. The van der Waals surface area contributed by atoms with E-state index >= 15 is 0 Å². The lowest BCUT2D eigenvalue weighted by Crippen LogP contribution is -2.05. The number of hydrogen-bond donors (Lipinski definition) is 1. The number of nitrogens with zero attached hydrogens (tertiary/aromatic N) is 2.